The molecule has 6 rings (SSSR count). The lowest BCUT2D eigenvalue weighted by Crippen LogP contribution is -2.48. The molecule has 316 valence electrons. The number of carbonyl (C=O) groups excluding carboxylic acids is 2. The Morgan fingerprint density at radius 1 is 0.864 bits per heavy atom. The summed E-state index contributed by atoms with van der Waals surface area (Å²) >= 11 is 1.73. The number of ether oxygens (including phenoxy) is 3. The van der Waals surface area contributed by atoms with Crippen molar-refractivity contribution in [1.29, 1.82) is 0 Å². The predicted molar refractivity (Wildman–Crippen MR) is 245 cm³/mol. The van der Waals surface area contributed by atoms with Crippen LogP contribution >= 0.6 is 21.6 Å². The fourth-order valence-corrected chi connectivity index (χ4v) is 8.85. The summed E-state index contributed by atoms with van der Waals surface area (Å²) in [5, 5.41) is 6.93. The Bertz CT molecular complexity index is 2200. The number of hydrogen-bond donors (Lipinski definition) is 2. The second-order valence-corrected chi connectivity index (χ2v) is 22.5. The summed E-state index contributed by atoms with van der Waals surface area (Å²) in [6.07, 6.45) is 6.66. The Morgan fingerprint density at radius 2 is 1.58 bits per heavy atom. The number of likely N-dealkylation sites (tertiary alicyclic amines) is 1. The lowest BCUT2D eigenvalue weighted by atomic mass is 9.97. The van der Waals surface area contributed by atoms with E-state index in [4.69, 9.17) is 18.4 Å². The minimum absolute atomic E-state index is 0.00891. The van der Waals surface area contributed by atoms with Crippen molar-refractivity contribution in [2.45, 2.75) is 90.3 Å². The van der Waals surface area contributed by atoms with Crippen LogP contribution in [0.1, 0.15) is 76.6 Å². The van der Waals surface area contributed by atoms with E-state index in [2.05, 4.69) is 97.3 Å². The maximum atomic E-state index is 13.8. The van der Waals surface area contributed by atoms with Crippen LogP contribution in [0.2, 0.25) is 0 Å². The molecular formula is C48H61N3O6S2. The third kappa shape index (κ3) is 11.8. The molecule has 1 aromatic heterocycles. The molecule has 1 aliphatic heterocycles. The first-order chi connectivity index (χ1) is 28.0. The Labute approximate surface area is 356 Å². The summed E-state index contributed by atoms with van der Waals surface area (Å²) in [7, 11) is 0.193. The normalized spacial score (nSPS) is 14.5. The average Bonchev–Trinajstić information content (AvgIpc) is 3.83. The predicted octanol–water partition coefficient (Wildman–Crippen LogP) is 11.0. The summed E-state index contributed by atoms with van der Waals surface area (Å²) in [5.41, 5.74) is 5.63. The van der Waals surface area contributed by atoms with Gasteiger partial charge in [0.05, 0.1) is 13.7 Å². The van der Waals surface area contributed by atoms with Crippen LogP contribution in [0.5, 0.6) is 11.5 Å². The number of fused-ring (bicyclic) bond motifs is 1. The van der Waals surface area contributed by atoms with Crippen LogP contribution in [0.25, 0.3) is 20.5 Å². The van der Waals surface area contributed by atoms with Crippen molar-refractivity contribution < 1.29 is 28.0 Å². The van der Waals surface area contributed by atoms with Gasteiger partial charge in [0.25, 0.3) is 0 Å². The van der Waals surface area contributed by atoms with Crippen molar-refractivity contribution in [3.63, 3.8) is 0 Å². The highest BCUT2D eigenvalue weighted by molar-refractivity contribution is 8.29. The summed E-state index contributed by atoms with van der Waals surface area (Å²) in [4.78, 5) is 30.3. The molecule has 59 heavy (non-hydrogen) atoms. The molecule has 4 aromatic carbocycles. The van der Waals surface area contributed by atoms with Gasteiger partial charge < -0.3 is 29.0 Å². The minimum atomic E-state index is -1.56. The van der Waals surface area contributed by atoms with Crippen LogP contribution in [0.15, 0.2) is 91.0 Å². The van der Waals surface area contributed by atoms with Gasteiger partial charge in [-0.25, -0.2) is 4.79 Å². The number of amides is 2. The summed E-state index contributed by atoms with van der Waals surface area (Å²) < 4.78 is 25.0. The lowest BCUT2D eigenvalue weighted by molar-refractivity contribution is -0.118. The minimum Gasteiger partial charge on any atom is -0.496 e. The van der Waals surface area contributed by atoms with Gasteiger partial charge in [-0.2, -0.15) is 0 Å². The third-order valence-corrected chi connectivity index (χ3v) is 15.7. The molecular weight excluding hydrogens is 779 g/mol. The number of rotatable bonds is 15. The first-order valence-electron chi connectivity index (χ1n) is 20.4. The maximum Gasteiger partial charge on any atom is 0.408 e. The smallest absolute Gasteiger partial charge is 0.408 e. The van der Waals surface area contributed by atoms with Gasteiger partial charge in [-0.1, -0.05) is 75.4 Å². The summed E-state index contributed by atoms with van der Waals surface area (Å²) in [6, 6.07) is 30.1. The molecule has 1 atom stereocenters. The van der Waals surface area contributed by atoms with Crippen LogP contribution in [-0.2, 0) is 33.3 Å². The number of nitrogens with zero attached hydrogens (tertiary/aromatic N) is 1. The lowest BCUT2D eigenvalue weighted by Gasteiger charge is -2.44. The van der Waals surface area contributed by atoms with E-state index >= 15 is 0 Å². The summed E-state index contributed by atoms with van der Waals surface area (Å²) in [6.45, 7) is 15.4. The van der Waals surface area contributed by atoms with E-state index in [9.17, 15) is 9.59 Å². The number of benzene rings is 4. The van der Waals surface area contributed by atoms with Crippen LogP contribution in [0.3, 0.4) is 0 Å². The van der Waals surface area contributed by atoms with E-state index in [1.165, 1.54) is 34.9 Å². The van der Waals surface area contributed by atoms with E-state index in [-0.39, 0.29) is 17.3 Å². The van der Waals surface area contributed by atoms with Gasteiger partial charge in [0.1, 0.15) is 29.7 Å². The van der Waals surface area contributed by atoms with Gasteiger partial charge in [0, 0.05) is 32.1 Å². The Balaban J connectivity index is 1.27. The van der Waals surface area contributed by atoms with Gasteiger partial charge in [0.15, 0.2) is 0 Å². The molecule has 0 saturated carbocycles. The van der Waals surface area contributed by atoms with Crippen molar-refractivity contribution in [2.75, 3.05) is 44.6 Å². The van der Waals surface area contributed by atoms with Gasteiger partial charge in [-0.05, 0) is 130 Å². The molecule has 5 aromatic rings. The Kier molecular flexibility index (Phi) is 14.0. The van der Waals surface area contributed by atoms with Crippen molar-refractivity contribution in [3.05, 3.63) is 113 Å². The van der Waals surface area contributed by atoms with Crippen LogP contribution in [0, 0.1) is 0 Å². The zero-order valence-corrected chi connectivity index (χ0v) is 37.7. The fraction of sp³-hybridized carbons (Fsp3) is 0.417. The van der Waals surface area contributed by atoms with Gasteiger partial charge in [-0.15, -0.1) is 21.6 Å². The van der Waals surface area contributed by atoms with Crippen LogP contribution in [-0.4, -0.2) is 72.6 Å². The molecule has 2 heterocycles. The Hall–Kier alpha value is -4.55. The SMILES string of the molecule is COc1cc(Cc2c(-c3ccc(NC(=O)[C@@H](COS(C)(C)C(C)(C)C)NC(=O)OC(C)(C)C)cc3)sc3cc(OCc4ccccc4)ccc23)ccc1CN1CCCC1. The van der Waals surface area contributed by atoms with E-state index in [1.807, 2.05) is 42.5 Å². The molecule has 1 saturated heterocycles. The largest absolute Gasteiger partial charge is 0.496 e. The molecule has 1 fully saturated rings. The molecule has 1 aliphatic rings. The van der Waals surface area contributed by atoms with Crippen molar-refractivity contribution in [1.82, 2.24) is 10.2 Å². The van der Waals surface area contributed by atoms with E-state index in [1.54, 1.807) is 39.2 Å². The highest BCUT2D eigenvalue weighted by atomic mass is 32.3. The second-order valence-electron chi connectivity index (χ2n) is 17.5. The number of alkyl carbamates (subject to hydrolysis) is 1. The van der Waals surface area contributed by atoms with E-state index in [0.29, 0.717) is 18.7 Å². The third-order valence-electron chi connectivity index (χ3n) is 10.8. The number of nitrogens with one attached hydrogen (secondary N) is 2. The standard InChI is InChI=1S/C48H61N3O6S2/c1-47(2,3)57-46(53)50-41(32-56-59(8,9)48(4,5)6)45(52)49-37-21-19-35(20-22-37)44-40(27-34-17-18-36(42(28-34)54-7)30-51-25-13-14-26-51)39-24-23-38(29-43(39)58-44)55-31-33-15-11-10-12-16-33/h10-12,15-24,28-29,41H,13-14,25-27,30-32H2,1-9H3,(H,49,52)(H,50,53)/t41-/m1/s1. The van der Waals surface area contributed by atoms with Crippen LogP contribution < -0.4 is 20.1 Å². The van der Waals surface area contributed by atoms with Crippen molar-refractivity contribution in [2.24, 2.45) is 0 Å². The molecule has 2 amide bonds. The zero-order chi connectivity index (χ0) is 42.4. The molecule has 0 unspecified atom stereocenters. The average molecular weight is 840 g/mol. The first-order valence-corrected chi connectivity index (χ1v) is 23.6. The second kappa shape index (κ2) is 18.8. The molecule has 0 spiro atoms. The molecule has 2 N–H and O–H groups in total. The number of thiophene rings is 1. The molecule has 9 nitrogen and oxygen atoms in total. The number of carbonyl (C=O) groups is 2. The zero-order valence-electron chi connectivity index (χ0n) is 36.1. The maximum absolute atomic E-state index is 13.8. The number of hydrogen-bond acceptors (Lipinski definition) is 8. The number of anilines is 1. The monoisotopic (exact) mass is 839 g/mol. The molecule has 0 bridgehead atoms. The molecule has 0 aliphatic carbocycles. The van der Waals surface area contributed by atoms with Crippen LogP contribution in [0.4, 0.5) is 10.5 Å². The highest BCUT2D eigenvalue weighted by Gasteiger charge is 2.32. The van der Waals surface area contributed by atoms with E-state index < -0.39 is 28.0 Å². The van der Waals surface area contributed by atoms with Gasteiger partial charge in [0.2, 0.25) is 5.91 Å². The molecule has 11 heteroatoms. The quantitative estimate of drug-likeness (QED) is 0.108. The molecule has 0 radical (unpaired) electrons. The summed E-state index contributed by atoms with van der Waals surface area (Å²) in [5.74, 6) is 1.35. The fourth-order valence-electron chi connectivity index (χ4n) is 6.77. The highest BCUT2D eigenvalue weighted by Crippen LogP contribution is 2.53. The topological polar surface area (TPSA) is 98.4 Å². The van der Waals surface area contributed by atoms with E-state index in [0.717, 1.165) is 51.8 Å². The first kappa shape index (κ1) is 44.0. The van der Waals surface area contributed by atoms with Crippen molar-refractivity contribution >= 4 is 49.4 Å². The van der Waals surface area contributed by atoms with Gasteiger partial charge >= 0.3 is 6.09 Å². The van der Waals surface area contributed by atoms with Crippen molar-refractivity contribution in [3.8, 4) is 21.9 Å². The number of methoxy groups -OCH3 is 1. The Morgan fingerprint density at radius 3 is 2.24 bits per heavy atom. The van der Waals surface area contributed by atoms with Gasteiger partial charge in [-0.3, -0.25) is 9.69 Å².